The van der Waals surface area contributed by atoms with Crippen LogP contribution in [0.1, 0.15) is 16.1 Å². The van der Waals surface area contributed by atoms with Crippen molar-refractivity contribution in [3.8, 4) is 11.5 Å². The molecule has 1 amide bonds. The van der Waals surface area contributed by atoms with Crippen molar-refractivity contribution in [2.24, 2.45) is 5.92 Å². The topological polar surface area (TPSA) is 77.8 Å². The minimum absolute atomic E-state index is 0.0144. The van der Waals surface area contributed by atoms with Crippen molar-refractivity contribution in [1.29, 1.82) is 0 Å². The highest BCUT2D eigenvalue weighted by Gasteiger charge is 2.22. The van der Waals surface area contributed by atoms with Gasteiger partial charge in [0.25, 0.3) is 5.91 Å². The molecule has 6 heteroatoms. The van der Waals surface area contributed by atoms with Gasteiger partial charge < -0.3 is 19.2 Å². The summed E-state index contributed by atoms with van der Waals surface area (Å²) >= 11 is 0. The summed E-state index contributed by atoms with van der Waals surface area (Å²) in [4.78, 5) is 24.5. The van der Waals surface area contributed by atoms with Crippen molar-refractivity contribution in [2.45, 2.75) is 6.42 Å². The van der Waals surface area contributed by atoms with Crippen LogP contribution in [0.3, 0.4) is 0 Å². The monoisotopic (exact) mass is 365 g/mol. The fourth-order valence-corrected chi connectivity index (χ4v) is 3.21. The molecule has 0 fully saturated rings. The average Bonchev–Trinajstić information content (AvgIpc) is 2.71. The maximum Gasteiger partial charge on any atom is 0.287 e. The SMILES string of the molecule is COc1ccc2c(c1)OC[C@H](CNC(=O)c1cc(=O)c3ccccc3o1)C2. The Morgan fingerprint density at radius 3 is 2.93 bits per heavy atom. The summed E-state index contributed by atoms with van der Waals surface area (Å²) < 4.78 is 16.6. The Bertz CT molecular complexity index is 1060. The number of nitrogens with one attached hydrogen (secondary N) is 1. The van der Waals surface area contributed by atoms with Crippen LogP contribution in [0.2, 0.25) is 0 Å². The van der Waals surface area contributed by atoms with Crippen molar-refractivity contribution in [2.75, 3.05) is 20.3 Å². The molecule has 1 aromatic heterocycles. The number of methoxy groups -OCH3 is 1. The third-order valence-corrected chi connectivity index (χ3v) is 4.67. The van der Waals surface area contributed by atoms with Gasteiger partial charge in [0.05, 0.1) is 19.1 Å². The summed E-state index contributed by atoms with van der Waals surface area (Å²) in [7, 11) is 1.62. The van der Waals surface area contributed by atoms with Gasteiger partial charge in [-0.05, 0) is 30.2 Å². The Labute approximate surface area is 155 Å². The Morgan fingerprint density at radius 1 is 1.22 bits per heavy atom. The predicted octanol–water partition coefficient (Wildman–Crippen LogP) is 2.78. The minimum Gasteiger partial charge on any atom is -0.497 e. The highest BCUT2D eigenvalue weighted by Crippen LogP contribution is 2.30. The van der Waals surface area contributed by atoms with Gasteiger partial charge in [0.2, 0.25) is 0 Å². The molecule has 3 aromatic rings. The van der Waals surface area contributed by atoms with Gasteiger partial charge in [-0.15, -0.1) is 0 Å². The molecule has 4 rings (SSSR count). The first-order chi connectivity index (χ1) is 13.1. The summed E-state index contributed by atoms with van der Waals surface area (Å²) in [5.74, 6) is 1.32. The smallest absolute Gasteiger partial charge is 0.287 e. The number of para-hydroxylation sites is 1. The van der Waals surface area contributed by atoms with Crippen molar-refractivity contribution in [1.82, 2.24) is 5.32 Å². The van der Waals surface area contributed by atoms with E-state index in [4.69, 9.17) is 13.9 Å². The van der Waals surface area contributed by atoms with Gasteiger partial charge in [-0.2, -0.15) is 0 Å². The van der Waals surface area contributed by atoms with E-state index in [0.717, 1.165) is 23.5 Å². The second-order valence-corrected chi connectivity index (χ2v) is 6.54. The quantitative estimate of drug-likeness (QED) is 0.769. The van der Waals surface area contributed by atoms with Crippen LogP contribution in [0, 0.1) is 5.92 Å². The largest absolute Gasteiger partial charge is 0.497 e. The first kappa shape index (κ1) is 17.1. The molecule has 0 saturated carbocycles. The summed E-state index contributed by atoms with van der Waals surface area (Å²) in [5.41, 5.74) is 1.25. The van der Waals surface area contributed by atoms with Crippen LogP contribution in [0.15, 0.2) is 57.7 Å². The van der Waals surface area contributed by atoms with E-state index in [1.54, 1.807) is 31.4 Å². The van der Waals surface area contributed by atoms with E-state index < -0.39 is 5.91 Å². The van der Waals surface area contributed by atoms with E-state index in [9.17, 15) is 9.59 Å². The van der Waals surface area contributed by atoms with Crippen molar-refractivity contribution in [3.05, 3.63) is 70.1 Å². The van der Waals surface area contributed by atoms with Crippen LogP contribution >= 0.6 is 0 Å². The molecular formula is C21H19NO5. The second kappa shape index (κ2) is 7.15. The zero-order chi connectivity index (χ0) is 18.8. The maximum atomic E-state index is 12.4. The lowest BCUT2D eigenvalue weighted by Gasteiger charge is -2.25. The van der Waals surface area contributed by atoms with Gasteiger partial charge in [-0.3, -0.25) is 9.59 Å². The molecule has 138 valence electrons. The molecule has 2 aromatic carbocycles. The summed E-state index contributed by atoms with van der Waals surface area (Å²) in [6.07, 6.45) is 0.793. The van der Waals surface area contributed by atoms with Gasteiger partial charge in [0.15, 0.2) is 11.2 Å². The van der Waals surface area contributed by atoms with Gasteiger partial charge in [0, 0.05) is 24.6 Å². The molecule has 6 nitrogen and oxygen atoms in total. The molecule has 0 saturated heterocycles. The Hall–Kier alpha value is -3.28. The lowest BCUT2D eigenvalue weighted by atomic mass is 9.96. The predicted molar refractivity (Wildman–Crippen MR) is 101 cm³/mol. The number of ether oxygens (including phenoxy) is 2. The third-order valence-electron chi connectivity index (χ3n) is 4.67. The molecule has 0 radical (unpaired) electrons. The standard InChI is InChI=1S/C21H19NO5/c1-25-15-7-6-14-8-13(12-26-19(14)9-15)11-22-21(24)20-10-17(23)16-4-2-3-5-18(16)27-20/h2-7,9-10,13H,8,11-12H2,1H3,(H,22,24)/t13-/m0/s1. The fourth-order valence-electron chi connectivity index (χ4n) is 3.21. The molecule has 1 N–H and O–H groups in total. The maximum absolute atomic E-state index is 12.4. The first-order valence-corrected chi connectivity index (χ1v) is 8.75. The number of carbonyl (C=O) groups is 1. The molecule has 1 atom stereocenters. The van der Waals surface area contributed by atoms with E-state index in [1.807, 2.05) is 18.2 Å². The number of benzene rings is 2. The zero-order valence-corrected chi connectivity index (χ0v) is 14.9. The van der Waals surface area contributed by atoms with E-state index in [-0.39, 0.29) is 17.1 Å². The summed E-state index contributed by atoms with van der Waals surface area (Å²) in [5, 5.41) is 3.30. The Kier molecular flexibility index (Phi) is 4.54. The van der Waals surface area contributed by atoms with Gasteiger partial charge in [-0.25, -0.2) is 0 Å². The first-order valence-electron chi connectivity index (χ1n) is 8.75. The minimum atomic E-state index is -0.404. The number of fused-ring (bicyclic) bond motifs is 2. The molecular weight excluding hydrogens is 346 g/mol. The van der Waals surface area contributed by atoms with Gasteiger partial charge >= 0.3 is 0 Å². The summed E-state index contributed by atoms with van der Waals surface area (Å²) in [6, 6.07) is 13.8. The van der Waals surface area contributed by atoms with Gasteiger partial charge in [0.1, 0.15) is 17.1 Å². The van der Waals surface area contributed by atoms with Crippen LogP contribution in [0.25, 0.3) is 11.0 Å². The van der Waals surface area contributed by atoms with Crippen molar-refractivity contribution >= 4 is 16.9 Å². The van der Waals surface area contributed by atoms with Crippen molar-refractivity contribution < 1.29 is 18.7 Å². The van der Waals surface area contributed by atoms with E-state index in [2.05, 4.69) is 5.32 Å². The zero-order valence-electron chi connectivity index (χ0n) is 14.9. The number of carbonyl (C=O) groups excluding carboxylic acids is 1. The molecule has 1 aliphatic rings. The summed E-state index contributed by atoms with van der Waals surface area (Å²) in [6.45, 7) is 0.933. The average molecular weight is 365 g/mol. The Balaban J connectivity index is 1.43. The molecule has 0 aliphatic carbocycles. The van der Waals surface area contributed by atoms with Crippen LogP contribution in [0.4, 0.5) is 0 Å². The second-order valence-electron chi connectivity index (χ2n) is 6.54. The van der Waals surface area contributed by atoms with Crippen LogP contribution in [-0.2, 0) is 6.42 Å². The number of hydrogen-bond acceptors (Lipinski definition) is 5. The molecule has 1 aliphatic heterocycles. The normalized spacial score (nSPS) is 15.7. The highest BCUT2D eigenvalue weighted by atomic mass is 16.5. The fraction of sp³-hybridized carbons (Fsp3) is 0.238. The van der Waals surface area contributed by atoms with Gasteiger partial charge in [-0.1, -0.05) is 18.2 Å². The van der Waals surface area contributed by atoms with Crippen LogP contribution in [-0.4, -0.2) is 26.2 Å². The molecule has 0 spiro atoms. The molecule has 0 unspecified atom stereocenters. The lowest BCUT2D eigenvalue weighted by molar-refractivity contribution is 0.0912. The van der Waals surface area contributed by atoms with E-state index in [1.165, 1.54) is 6.07 Å². The number of hydrogen-bond donors (Lipinski definition) is 1. The highest BCUT2D eigenvalue weighted by molar-refractivity contribution is 5.93. The third kappa shape index (κ3) is 3.51. The van der Waals surface area contributed by atoms with Crippen LogP contribution in [0.5, 0.6) is 11.5 Å². The van der Waals surface area contributed by atoms with Crippen molar-refractivity contribution in [3.63, 3.8) is 0 Å². The number of amides is 1. The van der Waals surface area contributed by atoms with E-state index in [0.29, 0.717) is 24.1 Å². The molecule has 2 heterocycles. The lowest BCUT2D eigenvalue weighted by Crippen LogP contribution is -2.35. The van der Waals surface area contributed by atoms with Crippen LogP contribution < -0.4 is 20.2 Å². The van der Waals surface area contributed by atoms with E-state index >= 15 is 0 Å². The number of rotatable bonds is 4. The molecule has 27 heavy (non-hydrogen) atoms. The molecule has 0 bridgehead atoms. The Morgan fingerprint density at radius 2 is 2.07 bits per heavy atom.